The number of carbonyl (C=O) groups is 1. The van der Waals surface area contributed by atoms with Crippen LogP contribution in [0.5, 0.6) is 0 Å². The van der Waals surface area contributed by atoms with E-state index < -0.39 is 21.4 Å². The first-order valence-electron chi connectivity index (χ1n) is 9.61. The van der Waals surface area contributed by atoms with Crippen molar-refractivity contribution in [3.8, 4) is 0 Å². The molecule has 0 amide bonds. The van der Waals surface area contributed by atoms with Gasteiger partial charge in [0, 0.05) is 31.7 Å². The fourth-order valence-electron chi connectivity index (χ4n) is 3.04. The first kappa shape index (κ1) is 24.6. The van der Waals surface area contributed by atoms with Crippen molar-refractivity contribution in [2.75, 3.05) is 11.5 Å². The second-order valence-corrected chi connectivity index (χ2v) is 11.7. The molecule has 0 saturated carbocycles. The highest BCUT2D eigenvalue weighted by molar-refractivity contribution is 7.92. The van der Waals surface area contributed by atoms with Gasteiger partial charge >= 0.3 is 0 Å². The van der Waals surface area contributed by atoms with Crippen molar-refractivity contribution < 1.29 is 13.2 Å². The average Bonchev–Trinajstić information content (AvgIpc) is 3.09. The lowest BCUT2D eigenvalue weighted by molar-refractivity contribution is 0.101. The zero-order valence-electron chi connectivity index (χ0n) is 17.7. The van der Waals surface area contributed by atoms with Crippen molar-refractivity contribution >= 4 is 56.1 Å². The Morgan fingerprint density at radius 1 is 1.06 bits per heavy atom. The zero-order chi connectivity index (χ0) is 23.8. The molecule has 1 aromatic heterocycles. The molecule has 0 bridgehead atoms. The number of nitrogens with zero attached hydrogens (tertiary/aromatic N) is 2. The van der Waals surface area contributed by atoms with Crippen LogP contribution in [0, 0.1) is 0 Å². The molecule has 3 rings (SSSR count). The number of benzene rings is 2. The van der Waals surface area contributed by atoms with E-state index in [4.69, 9.17) is 40.5 Å². The van der Waals surface area contributed by atoms with Crippen LogP contribution >= 0.6 is 34.8 Å². The molecule has 2 N–H and O–H groups in total. The third-order valence-corrected chi connectivity index (χ3v) is 7.29. The third kappa shape index (κ3) is 5.46. The molecule has 0 spiro atoms. The van der Waals surface area contributed by atoms with Crippen LogP contribution in [0.4, 0.5) is 5.69 Å². The van der Waals surface area contributed by atoms with Gasteiger partial charge in [-0.1, -0.05) is 61.6 Å². The second kappa shape index (κ2) is 9.06. The number of anilines is 1. The first-order valence-corrected chi connectivity index (χ1v) is 12.4. The zero-order valence-corrected chi connectivity index (χ0v) is 20.8. The molecule has 3 aromatic rings. The normalized spacial score (nSPS) is 12.2. The second-order valence-electron chi connectivity index (χ2n) is 8.43. The number of nitrogen functional groups attached to an aromatic ring is 1. The Morgan fingerprint density at radius 2 is 1.69 bits per heavy atom. The lowest BCUT2D eigenvalue weighted by Gasteiger charge is -2.14. The van der Waals surface area contributed by atoms with Gasteiger partial charge in [0.15, 0.2) is 15.6 Å². The standard InChI is InChI=1S/C22H22Cl3N3O3S/c1-22(2,3)21-10-19(20(29)12-32(30,31)15-6-4-5-14(26)9-15)28(27-21)11-16-17(24)7-13(23)8-18(16)25/h4-10H,11-12,26H2,1-3H3. The number of nitrogens with two attached hydrogens (primary N) is 1. The molecule has 32 heavy (non-hydrogen) atoms. The molecule has 0 aliphatic heterocycles. The summed E-state index contributed by atoms with van der Waals surface area (Å²) in [6, 6.07) is 10.5. The maximum absolute atomic E-state index is 13.1. The van der Waals surface area contributed by atoms with Crippen molar-refractivity contribution in [1.29, 1.82) is 0 Å². The van der Waals surface area contributed by atoms with Crippen molar-refractivity contribution in [2.24, 2.45) is 0 Å². The van der Waals surface area contributed by atoms with E-state index in [0.29, 0.717) is 32.0 Å². The van der Waals surface area contributed by atoms with Crippen LogP contribution in [0.15, 0.2) is 47.4 Å². The molecule has 10 heteroatoms. The summed E-state index contributed by atoms with van der Waals surface area (Å²) in [5.41, 5.74) is 6.92. The molecular formula is C22H22Cl3N3O3S. The van der Waals surface area contributed by atoms with E-state index in [9.17, 15) is 13.2 Å². The molecule has 0 radical (unpaired) electrons. The summed E-state index contributed by atoms with van der Waals surface area (Å²) in [5.74, 6) is -1.33. The molecule has 0 fully saturated rings. The van der Waals surface area contributed by atoms with Gasteiger partial charge in [0.05, 0.1) is 17.1 Å². The van der Waals surface area contributed by atoms with Gasteiger partial charge in [0.25, 0.3) is 0 Å². The van der Waals surface area contributed by atoms with Gasteiger partial charge in [0.1, 0.15) is 11.4 Å². The number of carbonyl (C=O) groups excluding carboxylic acids is 1. The van der Waals surface area contributed by atoms with E-state index in [1.54, 1.807) is 24.3 Å². The molecule has 170 valence electrons. The highest BCUT2D eigenvalue weighted by atomic mass is 35.5. The topological polar surface area (TPSA) is 95.0 Å². The summed E-state index contributed by atoms with van der Waals surface area (Å²) >= 11 is 18.6. The minimum absolute atomic E-state index is 0.0169. The number of rotatable bonds is 6. The Balaban J connectivity index is 2.02. The molecular weight excluding hydrogens is 493 g/mol. The molecule has 0 atom stereocenters. The smallest absolute Gasteiger partial charge is 0.196 e. The summed E-state index contributed by atoms with van der Waals surface area (Å²) in [6.07, 6.45) is 0. The van der Waals surface area contributed by atoms with E-state index in [0.717, 1.165) is 0 Å². The van der Waals surface area contributed by atoms with Crippen LogP contribution < -0.4 is 5.73 Å². The van der Waals surface area contributed by atoms with Gasteiger partial charge in [-0.3, -0.25) is 9.48 Å². The molecule has 1 heterocycles. The van der Waals surface area contributed by atoms with Gasteiger partial charge in [-0.25, -0.2) is 8.42 Å². The van der Waals surface area contributed by atoms with Crippen molar-refractivity contribution in [3.63, 3.8) is 0 Å². The number of hydrogen-bond acceptors (Lipinski definition) is 5. The number of ketones is 1. The fraction of sp³-hybridized carbons (Fsp3) is 0.273. The van der Waals surface area contributed by atoms with Gasteiger partial charge in [-0.2, -0.15) is 5.10 Å². The summed E-state index contributed by atoms with van der Waals surface area (Å²) in [4.78, 5) is 13.1. The number of sulfone groups is 1. The van der Waals surface area contributed by atoms with Gasteiger partial charge in [-0.15, -0.1) is 0 Å². The van der Waals surface area contributed by atoms with E-state index in [2.05, 4.69) is 5.10 Å². The van der Waals surface area contributed by atoms with Crippen molar-refractivity contribution in [1.82, 2.24) is 9.78 Å². The number of Topliss-reactive ketones (excluding diaryl/α,β-unsaturated/α-hetero) is 1. The third-order valence-electron chi connectivity index (χ3n) is 4.79. The highest BCUT2D eigenvalue weighted by Gasteiger charge is 2.27. The Bertz CT molecular complexity index is 1270. The maximum atomic E-state index is 13.1. The number of aromatic nitrogens is 2. The predicted octanol–water partition coefficient (Wildman–Crippen LogP) is 5.43. The summed E-state index contributed by atoms with van der Waals surface area (Å²) in [7, 11) is -3.91. The lowest BCUT2D eigenvalue weighted by Crippen LogP contribution is -2.20. The quantitative estimate of drug-likeness (QED) is 0.350. The molecule has 0 aliphatic rings. The first-order chi connectivity index (χ1) is 14.8. The van der Waals surface area contributed by atoms with Crippen LogP contribution in [0.1, 0.15) is 42.5 Å². The van der Waals surface area contributed by atoms with E-state index >= 15 is 0 Å². The van der Waals surface area contributed by atoms with Crippen LogP contribution in [0.3, 0.4) is 0 Å². The van der Waals surface area contributed by atoms with E-state index in [-0.39, 0.29) is 22.5 Å². The van der Waals surface area contributed by atoms with E-state index in [1.165, 1.54) is 22.9 Å². The van der Waals surface area contributed by atoms with Crippen LogP contribution in [0.2, 0.25) is 15.1 Å². The maximum Gasteiger partial charge on any atom is 0.196 e. The van der Waals surface area contributed by atoms with Gasteiger partial charge in [-0.05, 0) is 36.4 Å². The van der Waals surface area contributed by atoms with Crippen LogP contribution in [-0.2, 0) is 21.8 Å². The SMILES string of the molecule is CC(C)(C)c1cc(C(=O)CS(=O)(=O)c2cccc(N)c2)n(Cc2c(Cl)cc(Cl)cc2Cl)n1. The monoisotopic (exact) mass is 513 g/mol. The van der Waals surface area contributed by atoms with Crippen molar-refractivity contribution in [3.05, 3.63) is 74.5 Å². The fourth-order valence-corrected chi connectivity index (χ4v) is 5.24. The Hall–Kier alpha value is -2.06. The average molecular weight is 515 g/mol. The lowest BCUT2D eigenvalue weighted by atomic mass is 9.92. The number of halogens is 3. The Kier molecular flexibility index (Phi) is 6.96. The molecule has 0 unspecified atom stereocenters. The Morgan fingerprint density at radius 3 is 2.25 bits per heavy atom. The Labute approximate surface area is 202 Å². The molecule has 0 saturated heterocycles. The van der Waals surface area contributed by atoms with Gasteiger partial charge < -0.3 is 5.73 Å². The number of hydrogen-bond donors (Lipinski definition) is 1. The molecule has 6 nitrogen and oxygen atoms in total. The summed E-state index contributed by atoms with van der Waals surface area (Å²) in [6.45, 7) is 5.91. The predicted molar refractivity (Wildman–Crippen MR) is 129 cm³/mol. The largest absolute Gasteiger partial charge is 0.399 e. The minimum Gasteiger partial charge on any atom is -0.399 e. The molecule has 0 aliphatic carbocycles. The van der Waals surface area contributed by atoms with Crippen LogP contribution in [-0.4, -0.2) is 29.7 Å². The summed E-state index contributed by atoms with van der Waals surface area (Å²) in [5, 5.41) is 5.57. The molecule has 2 aromatic carbocycles. The summed E-state index contributed by atoms with van der Waals surface area (Å²) < 4.78 is 27.1. The highest BCUT2D eigenvalue weighted by Crippen LogP contribution is 2.31. The van der Waals surface area contributed by atoms with Crippen molar-refractivity contribution in [2.45, 2.75) is 37.6 Å². The van der Waals surface area contributed by atoms with E-state index in [1.807, 2.05) is 20.8 Å². The minimum atomic E-state index is -3.91. The van der Waals surface area contributed by atoms with Crippen LogP contribution in [0.25, 0.3) is 0 Å². The van der Waals surface area contributed by atoms with Gasteiger partial charge in [0.2, 0.25) is 0 Å².